The molecule has 2 atom stereocenters. The lowest BCUT2D eigenvalue weighted by atomic mass is 9.89. The first kappa shape index (κ1) is 54.0. The molecule has 0 fully saturated rings. The second-order valence-electron chi connectivity index (χ2n) is 18.4. The Morgan fingerprint density at radius 3 is 2.37 bits per heavy atom. The van der Waals surface area contributed by atoms with Crippen molar-refractivity contribution in [2.24, 2.45) is 17.6 Å². The molecule has 7 amide bonds. The molecule has 7 rings (SSSR count). The number of imidazole rings is 1. The summed E-state index contributed by atoms with van der Waals surface area (Å²) in [7, 11) is 0. The van der Waals surface area contributed by atoms with Crippen LogP contribution in [0, 0.1) is 18.8 Å². The number of nitrogens with two attached hydrogens (primary N) is 1. The third-order valence-electron chi connectivity index (χ3n) is 12.4. The van der Waals surface area contributed by atoms with E-state index in [1.807, 2.05) is 87.6 Å². The summed E-state index contributed by atoms with van der Waals surface area (Å²) in [5.41, 5.74) is 10.5. The fourth-order valence-electron chi connectivity index (χ4n) is 8.41. The number of aromatic nitrogens is 6. The molecule has 0 bridgehead atoms. The van der Waals surface area contributed by atoms with Gasteiger partial charge in [0.05, 0.1) is 36.2 Å². The number of nitrogens with zero attached hydrogens (tertiary/aromatic N) is 7. The van der Waals surface area contributed by atoms with E-state index in [0.717, 1.165) is 16.2 Å². The van der Waals surface area contributed by atoms with Crippen LogP contribution in [0.3, 0.4) is 0 Å². The monoisotopic (exact) mass is 1020 g/mol. The number of pyridine rings is 2. The number of amides is 7. The Balaban J connectivity index is 0.977. The lowest BCUT2D eigenvalue weighted by Gasteiger charge is -2.24. The van der Waals surface area contributed by atoms with Gasteiger partial charge in [0.2, 0.25) is 11.8 Å². The summed E-state index contributed by atoms with van der Waals surface area (Å²) in [6, 6.07) is 23.9. The molecule has 75 heavy (non-hydrogen) atoms. The molecule has 21 heteroatoms. The standard InChI is InChI=1S/C54H62N12O9/c1-35(2)49(63-46(68)17-8-5-9-27-65-47(69)24-25-48(65)70)43(67)30-38(13-11-26-56-53(55)72)52(71)60-40-21-18-37(19-22-40)33-75-54(73)64(28-29-74-41-14-6-4-7-15-41)32-44-61-50(39-20-23-45-57-34-58-66(45)31-39)51(62-44)42-16-10-12-36(3)59-42/h4,6-7,10,12,14-16,18-25,31,34-35,38,49H,5,8-9,11,13,17,26-30,32-33H2,1-3H3,(H,60,71)(H,61,62)(H,63,68)(H3,55,56,72)/t38-,49+/m1/s1. The molecule has 6 N–H and O–H groups in total. The van der Waals surface area contributed by atoms with Crippen molar-refractivity contribution in [3.63, 3.8) is 0 Å². The van der Waals surface area contributed by atoms with Crippen molar-refractivity contribution < 1.29 is 43.0 Å². The number of carbonyl (C=O) groups is 7. The van der Waals surface area contributed by atoms with E-state index in [0.29, 0.717) is 71.2 Å². The number of unbranched alkanes of at least 4 members (excludes halogenated alkanes) is 2. The van der Waals surface area contributed by atoms with Gasteiger partial charge in [0.15, 0.2) is 11.4 Å². The van der Waals surface area contributed by atoms with Crippen molar-refractivity contribution >= 4 is 52.9 Å². The van der Waals surface area contributed by atoms with E-state index >= 15 is 0 Å². The van der Waals surface area contributed by atoms with Crippen LogP contribution in [0.1, 0.15) is 75.9 Å². The number of nitrogens with one attached hydrogen (secondary N) is 4. The number of fused-ring (bicyclic) bond motifs is 1. The van der Waals surface area contributed by atoms with Crippen LogP contribution in [0.2, 0.25) is 0 Å². The van der Waals surface area contributed by atoms with Gasteiger partial charge in [-0.05, 0) is 92.6 Å². The highest BCUT2D eigenvalue weighted by molar-refractivity contribution is 6.12. The minimum atomic E-state index is -0.858. The highest BCUT2D eigenvalue weighted by atomic mass is 16.6. The number of ether oxygens (including phenoxy) is 2. The van der Waals surface area contributed by atoms with Crippen LogP contribution < -0.4 is 26.4 Å². The zero-order chi connectivity index (χ0) is 53.3. The number of hydrogen-bond donors (Lipinski definition) is 5. The van der Waals surface area contributed by atoms with Crippen LogP contribution >= 0.6 is 0 Å². The first-order valence-electron chi connectivity index (χ1n) is 24.9. The number of urea groups is 1. The lowest BCUT2D eigenvalue weighted by molar-refractivity contribution is -0.137. The number of benzene rings is 2. The number of Topliss-reactive ketones (excluding diaryl/α,β-unsaturated/α-hetero) is 1. The van der Waals surface area contributed by atoms with Gasteiger partial charge < -0.3 is 36.1 Å². The molecule has 392 valence electrons. The zero-order valence-electron chi connectivity index (χ0n) is 42.2. The van der Waals surface area contributed by atoms with Gasteiger partial charge in [0.1, 0.15) is 31.1 Å². The quantitative estimate of drug-likeness (QED) is 0.0280. The van der Waals surface area contributed by atoms with Crippen LogP contribution in [0.5, 0.6) is 5.75 Å². The van der Waals surface area contributed by atoms with Crippen LogP contribution in [-0.2, 0) is 41.9 Å². The Hall–Kier alpha value is -8.75. The van der Waals surface area contributed by atoms with Gasteiger partial charge >= 0.3 is 12.1 Å². The SMILES string of the molecule is Cc1cccc(-c2[nH]c(CN(CCOc3ccccc3)C(=O)OCc3ccc(NC(=O)[C@H](CCCNC(N)=O)CC(=O)[C@@H](NC(=O)CCCCCN4C(=O)C=CC4=O)C(C)C)cc3)nc2-c2ccc3ncnn3c2)n1. The van der Waals surface area contributed by atoms with E-state index in [9.17, 15) is 33.6 Å². The predicted octanol–water partition coefficient (Wildman–Crippen LogP) is 6.30. The number of ketones is 1. The minimum absolute atomic E-state index is 0.0337. The third-order valence-corrected chi connectivity index (χ3v) is 12.4. The van der Waals surface area contributed by atoms with Gasteiger partial charge in [-0.25, -0.2) is 24.1 Å². The molecule has 0 spiro atoms. The molecular formula is C54H62N12O9. The van der Waals surface area contributed by atoms with E-state index in [1.165, 1.54) is 23.4 Å². The Labute approximate surface area is 433 Å². The van der Waals surface area contributed by atoms with Crippen molar-refractivity contribution in [1.29, 1.82) is 0 Å². The second-order valence-corrected chi connectivity index (χ2v) is 18.4. The maximum absolute atomic E-state index is 14.0. The van der Waals surface area contributed by atoms with Crippen molar-refractivity contribution in [2.75, 3.05) is 31.6 Å². The number of aryl methyl sites for hydroxylation is 1. The molecule has 0 aliphatic carbocycles. The molecular weight excluding hydrogens is 961 g/mol. The maximum Gasteiger partial charge on any atom is 0.410 e. The molecule has 6 aromatic rings. The van der Waals surface area contributed by atoms with E-state index in [2.05, 4.69) is 31.0 Å². The first-order chi connectivity index (χ1) is 36.2. The van der Waals surface area contributed by atoms with Crippen LogP contribution in [-0.4, -0.2) is 113 Å². The predicted molar refractivity (Wildman–Crippen MR) is 277 cm³/mol. The number of rotatable bonds is 27. The fraction of sp³-hybridized carbons (Fsp3) is 0.352. The average Bonchev–Trinajstić information content (AvgIpc) is 4.14. The number of hydrogen-bond acceptors (Lipinski definition) is 13. The Kier molecular flexibility index (Phi) is 18.9. The number of H-pyrrole nitrogens is 1. The van der Waals surface area contributed by atoms with Crippen molar-refractivity contribution in [3.05, 3.63) is 127 Å². The van der Waals surface area contributed by atoms with Gasteiger partial charge in [-0.15, -0.1) is 0 Å². The van der Waals surface area contributed by atoms with E-state index in [1.54, 1.807) is 28.8 Å². The van der Waals surface area contributed by atoms with Gasteiger partial charge in [-0.3, -0.25) is 38.8 Å². The summed E-state index contributed by atoms with van der Waals surface area (Å²) in [4.78, 5) is 110. The largest absolute Gasteiger partial charge is 0.492 e. The molecule has 0 unspecified atom stereocenters. The van der Waals surface area contributed by atoms with Crippen molar-refractivity contribution in [3.8, 4) is 28.4 Å². The molecule has 21 nitrogen and oxygen atoms in total. The fourth-order valence-corrected chi connectivity index (χ4v) is 8.41. The summed E-state index contributed by atoms with van der Waals surface area (Å²) in [6.07, 6.45) is 7.30. The van der Waals surface area contributed by atoms with Gasteiger partial charge in [-0.1, -0.05) is 56.7 Å². The van der Waals surface area contributed by atoms with Gasteiger partial charge in [-0.2, -0.15) is 5.10 Å². The Morgan fingerprint density at radius 1 is 0.867 bits per heavy atom. The minimum Gasteiger partial charge on any atom is -0.492 e. The summed E-state index contributed by atoms with van der Waals surface area (Å²) >= 11 is 0. The van der Waals surface area contributed by atoms with E-state index in [-0.39, 0.29) is 88.1 Å². The van der Waals surface area contributed by atoms with Crippen LogP contribution in [0.15, 0.2) is 110 Å². The van der Waals surface area contributed by atoms with Crippen molar-refractivity contribution in [1.82, 2.24) is 50.0 Å². The molecule has 0 saturated heterocycles. The van der Waals surface area contributed by atoms with Crippen molar-refractivity contribution in [2.45, 2.75) is 84.9 Å². The topological polar surface area (TPSA) is 278 Å². The number of anilines is 1. The number of primary amides is 1. The van der Waals surface area contributed by atoms with Crippen LogP contribution in [0.25, 0.3) is 28.3 Å². The molecule has 0 saturated carbocycles. The molecule has 4 aromatic heterocycles. The summed E-state index contributed by atoms with van der Waals surface area (Å²) in [6.45, 7) is 6.21. The average molecular weight is 1020 g/mol. The van der Waals surface area contributed by atoms with Gasteiger partial charge in [0, 0.05) is 67.1 Å². The normalized spacial score (nSPS) is 12.9. The van der Waals surface area contributed by atoms with Gasteiger partial charge in [0.25, 0.3) is 11.8 Å². The summed E-state index contributed by atoms with van der Waals surface area (Å²) in [5.74, 6) is -1.77. The Morgan fingerprint density at radius 2 is 1.64 bits per heavy atom. The molecule has 1 aliphatic heterocycles. The first-order valence-corrected chi connectivity index (χ1v) is 24.9. The molecule has 5 heterocycles. The third kappa shape index (κ3) is 15.6. The molecule has 1 aliphatic rings. The van der Waals surface area contributed by atoms with E-state index < -0.39 is 30.0 Å². The summed E-state index contributed by atoms with van der Waals surface area (Å²) in [5, 5.41) is 12.5. The van der Waals surface area contributed by atoms with Crippen LogP contribution in [0.4, 0.5) is 15.3 Å². The lowest BCUT2D eigenvalue weighted by Crippen LogP contribution is -2.45. The molecule has 2 aromatic carbocycles. The number of carbonyl (C=O) groups excluding carboxylic acids is 7. The summed E-state index contributed by atoms with van der Waals surface area (Å²) < 4.78 is 13.5. The number of imide groups is 1. The smallest absolute Gasteiger partial charge is 0.410 e. The number of aromatic amines is 1. The van der Waals surface area contributed by atoms with E-state index in [4.69, 9.17) is 25.2 Å². The highest BCUT2D eigenvalue weighted by Crippen LogP contribution is 2.30. The maximum atomic E-state index is 14.0. The molecule has 0 radical (unpaired) electrons. The number of para-hydroxylation sites is 1. The zero-order valence-corrected chi connectivity index (χ0v) is 42.2. The highest BCUT2D eigenvalue weighted by Gasteiger charge is 2.30. The second kappa shape index (κ2) is 26.3. The Bertz CT molecular complexity index is 2970.